The van der Waals surface area contributed by atoms with Crippen LogP contribution in [0.5, 0.6) is 0 Å². The third-order valence-corrected chi connectivity index (χ3v) is 3.53. The molecule has 0 saturated carbocycles. The summed E-state index contributed by atoms with van der Waals surface area (Å²) in [6.45, 7) is 6.23. The molecular weight excluding hydrogens is 267 g/mol. The molecule has 1 saturated heterocycles. The minimum atomic E-state index is -0.709. The van der Waals surface area contributed by atoms with Gasteiger partial charge in [0.2, 0.25) is 5.91 Å². The van der Waals surface area contributed by atoms with Crippen molar-refractivity contribution in [2.45, 2.75) is 19.3 Å². The summed E-state index contributed by atoms with van der Waals surface area (Å²) in [6, 6.07) is 6.23. The molecule has 106 valence electrons. The molecule has 0 aliphatic carbocycles. The molecule has 0 radical (unpaired) electrons. The fourth-order valence-electron chi connectivity index (χ4n) is 1.96. The molecule has 1 aliphatic rings. The summed E-state index contributed by atoms with van der Waals surface area (Å²) in [7, 11) is 0. The Morgan fingerprint density at radius 3 is 2.68 bits per heavy atom. The molecule has 1 fully saturated rings. The summed E-state index contributed by atoms with van der Waals surface area (Å²) in [5.41, 5.74) is -0.00837. The molecule has 2 rings (SSSR count). The van der Waals surface area contributed by atoms with Crippen LogP contribution in [0, 0.1) is 11.7 Å². The Labute approximate surface area is 119 Å². The highest BCUT2D eigenvalue weighted by atomic mass is 35.5. The molecule has 0 atom stereocenters. The highest BCUT2D eigenvalue weighted by Crippen LogP contribution is 2.24. The summed E-state index contributed by atoms with van der Waals surface area (Å²) in [6.07, 6.45) is 0. The van der Waals surface area contributed by atoms with Crippen LogP contribution in [-0.4, -0.2) is 25.5 Å². The van der Waals surface area contributed by atoms with E-state index in [0.29, 0.717) is 18.0 Å². The predicted octanol–water partition coefficient (Wildman–Crippen LogP) is 1.86. The van der Waals surface area contributed by atoms with E-state index in [1.54, 1.807) is 12.1 Å². The lowest BCUT2D eigenvalue weighted by atomic mass is 9.83. The Morgan fingerprint density at radius 1 is 1.47 bits per heavy atom. The first kappa shape index (κ1) is 15.9. The third-order valence-electron chi connectivity index (χ3n) is 3.53. The maximum atomic E-state index is 13.2. The van der Waals surface area contributed by atoms with E-state index in [2.05, 4.69) is 10.6 Å². The van der Waals surface area contributed by atoms with Crippen molar-refractivity contribution >= 4 is 18.3 Å². The zero-order valence-electron chi connectivity index (χ0n) is 11.2. The van der Waals surface area contributed by atoms with E-state index in [9.17, 15) is 9.18 Å². The highest BCUT2D eigenvalue weighted by molar-refractivity contribution is 5.87. The van der Waals surface area contributed by atoms with Crippen LogP contribution in [0.4, 0.5) is 4.39 Å². The van der Waals surface area contributed by atoms with E-state index in [1.807, 2.05) is 13.8 Å². The Hall–Kier alpha value is -1.13. The fourth-order valence-corrected chi connectivity index (χ4v) is 1.96. The molecule has 0 bridgehead atoms. The summed E-state index contributed by atoms with van der Waals surface area (Å²) in [5.74, 6) is 0.161. The van der Waals surface area contributed by atoms with Gasteiger partial charge in [-0.2, -0.15) is 0 Å². The quantitative estimate of drug-likeness (QED) is 0.887. The molecule has 2 N–H and O–H groups in total. The number of nitrogens with one attached hydrogen (secondary N) is 2. The second kappa shape index (κ2) is 6.35. The van der Waals surface area contributed by atoms with Gasteiger partial charge < -0.3 is 10.6 Å². The topological polar surface area (TPSA) is 41.1 Å². The molecular formula is C14H20ClFN2O. The van der Waals surface area contributed by atoms with Crippen molar-refractivity contribution in [1.82, 2.24) is 10.6 Å². The van der Waals surface area contributed by atoms with Gasteiger partial charge in [-0.25, -0.2) is 4.39 Å². The molecule has 1 aromatic carbocycles. The van der Waals surface area contributed by atoms with Crippen molar-refractivity contribution in [2.75, 3.05) is 19.6 Å². The van der Waals surface area contributed by atoms with Crippen LogP contribution >= 0.6 is 12.4 Å². The van der Waals surface area contributed by atoms with Gasteiger partial charge in [0.05, 0.1) is 5.41 Å². The van der Waals surface area contributed by atoms with Crippen molar-refractivity contribution in [3.8, 4) is 0 Å². The van der Waals surface area contributed by atoms with Crippen molar-refractivity contribution in [1.29, 1.82) is 0 Å². The highest BCUT2D eigenvalue weighted by Gasteiger charge is 2.30. The molecule has 1 amide bonds. The zero-order chi connectivity index (χ0) is 13.2. The Morgan fingerprint density at radius 2 is 2.16 bits per heavy atom. The van der Waals surface area contributed by atoms with Crippen molar-refractivity contribution < 1.29 is 9.18 Å². The SMILES string of the molecule is CC(C)(C(=O)NCC1CNC1)c1cccc(F)c1.Cl. The van der Waals surface area contributed by atoms with Gasteiger partial charge in [-0.1, -0.05) is 12.1 Å². The fraction of sp³-hybridized carbons (Fsp3) is 0.500. The minimum absolute atomic E-state index is 0. The maximum absolute atomic E-state index is 13.2. The van der Waals surface area contributed by atoms with E-state index in [0.717, 1.165) is 13.1 Å². The van der Waals surface area contributed by atoms with Crippen LogP contribution < -0.4 is 10.6 Å². The number of halogens is 2. The molecule has 1 heterocycles. The van der Waals surface area contributed by atoms with Crippen molar-refractivity contribution in [3.05, 3.63) is 35.6 Å². The molecule has 0 spiro atoms. The van der Waals surface area contributed by atoms with E-state index in [1.165, 1.54) is 12.1 Å². The number of benzene rings is 1. The van der Waals surface area contributed by atoms with Gasteiger partial charge in [-0.15, -0.1) is 12.4 Å². The number of hydrogen-bond acceptors (Lipinski definition) is 2. The van der Waals surface area contributed by atoms with Gasteiger partial charge in [-0.3, -0.25) is 4.79 Å². The average Bonchev–Trinajstić information content (AvgIpc) is 2.26. The number of carbonyl (C=O) groups is 1. The molecule has 19 heavy (non-hydrogen) atoms. The number of amides is 1. The van der Waals surface area contributed by atoms with E-state index in [4.69, 9.17) is 0 Å². The Kier molecular flexibility index (Phi) is 5.32. The van der Waals surface area contributed by atoms with E-state index < -0.39 is 5.41 Å². The lowest BCUT2D eigenvalue weighted by Crippen LogP contribution is -2.50. The number of rotatable bonds is 4. The van der Waals surface area contributed by atoms with Crippen LogP contribution in [0.2, 0.25) is 0 Å². The Balaban J connectivity index is 0.00000180. The van der Waals surface area contributed by atoms with Gasteiger partial charge in [-0.05, 0) is 31.5 Å². The molecule has 0 aromatic heterocycles. The predicted molar refractivity (Wildman–Crippen MR) is 76.0 cm³/mol. The van der Waals surface area contributed by atoms with Gasteiger partial charge in [0.1, 0.15) is 5.82 Å². The minimum Gasteiger partial charge on any atom is -0.355 e. The van der Waals surface area contributed by atoms with Gasteiger partial charge in [0.15, 0.2) is 0 Å². The van der Waals surface area contributed by atoms with Crippen LogP contribution in [0.3, 0.4) is 0 Å². The standard InChI is InChI=1S/C14H19FN2O.ClH/c1-14(2,11-4-3-5-12(15)6-11)13(18)17-9-10-7-16-8-10;/h3-6,10,16H,7-9H2,1-2H3,(H,17,18);1H. The molecule has 3 nitrogen and oxygen atoms in total. The lowest BCUT2D eigenvalue weighted by molar-refractivity contribution is -0.125. The normalized spacial score (nSPS) is 15.3. The summed E-state index contributed by atoms with van der Waals surface area (Å²) >= 11 is 0. The first-order valence-corrected chi connectivity index (χ1v) is 6.25. The van der Waals surface area contributed by atoms with Crippen LogP contribution in [0.1, 0.15) is 19.4 Å². The number of carbonyl (C=O) groups excluding carboxylic acids is 1. The summed E-state index contributed by atoms with van der Waals surface area (Å²) < 4.78 is 13.2. The van der Waals surface area contributed by atoms with Crippen LogP contribution in [0.15, 0.2) is 24.3 Å². The number of hydrogen-bond donors (Lipinski definition) is 2. The first-order valence-electron chi connectivity index (χ1n) is 6.25. The first-order chi connectivity index (χ1) is 8.50. The average molecular weight is 287 g/mol. The maximum Gasteiger partial charge on any atom is 0.230 e. The second-order valence-corrected chi connectivity index (χ2v) is 5.37. The lowest BCUT2D eigenvalue weighted by Gasteiger charge is -2.30. The van der Waals surface area contributed by atoms with Gasteiger partial charge in [0, 0.05) is 25.6 Å². The smallest absolute Gasteiger partial charge is 0.230 e. The van der Waals surface area contributed by atoms with Crippen molar-refractivity contribution in [2.24, 2.45) is 5.92 Å². The largest absolute Gasteiger partial charge is 0.355 e. The van der Waals surface area contributed by atoms with E-state index >= 15 is 0 Å². The molecule has 0 unspecified atom stereocenters. The zero-order valence-corrected chi connectivity index (χ0v) is 12.0. The second-order valence-electron chi connectivity index (χ2n) is 5.37. The Bertz CT molecular complexity index is 447. The molecule has 1 aliphatic heterocycles. The van der Waals surface area contributed by atoms with Crippen LogP contribution in [-0.2, 0) is 10.2 Å². The van der Waals surface area contributed by atoms with Crippen LogP contribution in [0.25, 0.3) is 0 Å². The van der Waals surface area contributed by atoms with Crippen molar-refractivity contribution in [3.63, 3.8) is 0 Å². The van der Waals surface area contributed by atoms with Gasteiger partial charge in [0.25, 0.3) is 0 Å². The summed E-state index contributed by atoms with van der Waals surface area (Å²) in [4.78, 5) is 12.2. The molecule has 5 heteroatoms. The van der Waals surface area contributed by atoms with Gasteiger partial charge >= 0.3 is 0 Å². The van der Waals surface area contributed by atoms with E-state index in [-0.39, 0.29) is 24.1 Å². The third kappa shape index (κ3) is 3.67. The molecule has 1 aromatic rings. The monoisotopic (exact) mass is 286 g/mol. The summed E-state index contributed by atoms with van der Waals surface area (Å²) in [5, 5.41) is 6.10.